The van der Waals surface area contributed by atoms with E-state index in [4.69, 9.17) is 0 Å². The average molecular weight is 251 g/mol. The van der Waals surface area contributed by atoms with Crippen molar-refractivity contribution in [2.24, 2.45) is 5.92 Å². The first-order chi connectivity index (χ1) is 8.52. The van der Waals surface area contributed by atoms with Gasteiger partial charge in [-0.1, -0.05) is 39.0 Å². The van der Waals surface area contributed by atoms with Crippen molar-refractivity contribution in [1.29, 1.82) is 0 Å². The Morgan fingerprint density at radius 2 is 2.00 bits per heavy atom. The van der Waals surface area contributed by atoms with E-state index >= 15 is 0 Å². The molecule has 1 aromatic carbocycles. The van der Waals surface area contributed by atoms with Gasteiger partial charge in [0, 0.05) is 13.0 Å². The molecule has 0 fully saturated rings. The zero-order valence-electron chi connectivity index (χ0n) is 11.4. The minimum Gasteiger partial charge on any atom is -0.298 e. The van der Waals surface area contributed by atoms with Crippen molar-refractivity contribution in [2.75, 3.05) is 19.6 Å². The molecule has 0 radical (unpaired) electrons. The van der Waals surface area contributed by atoms with E-state index in [-0.39, 0.29) is 18.0 Å². The molecule has 0 aliphatic rings. The second kappa shape index (κ2) is 7.27. The first kappa shape index (κ1) is 14.8. The van der Waals surface area contributed by atoms with Gasteiger partial charge >= 0.3 is 0 Å². The van der Waals surface area contributed by atoms with Gasteiger partial charge < -0.3 is 0 Å². The van der Waals surface area contributed by atoms with E-state index in [2.05, 4.69) is 18.7 Å². The molecule has 0 bridgehead atoms. The van der Waals surface area contributed by atoms with Crippen LogP contribution in [0.15, 0.2) is 24.3 Å². The smallest absolute Gasteiger partial charge is 0.151 e. The molecule has 0 heterocycles. The molecule has 0 saturated heterocycles. The summed E-state index contributed by atoms with van der Waals surface area (Å²) in [6.45, 7) is 8.45. The Balaban J connectivity index is 2.53. The highest BCUT2D eigenvalue weighted by Crippen LogP contribution is 2.08. The lowest BCUT2D eigenvalue weighted by atomic mass is 10.1. The normalized spacial score (nSPS) is 11.2. The number of nitrogens with zero attached hydrogens (tertiary/aromatic N) is 1. The minimum atomic E-state index is -0.294. The predicted octanol–water partition coefficient (Wildman–Crippen LogP) is 2.92. The van der Waals surface area contributed by atoms with Crippen LogP contribution in [0.25, 0.3) is 0 Å². The van der Waals surface area contributed by atoms with Gasteiger partial charge in [0.1, 0.15) is 5.82 Å². The van der Waals surface area contributed by atoms with Crippen molar-refractivity contribution in [2.45, 2.75) is 27.2 Å². The van der Waals surface area contributed by atoms with E-state index in [1.165, 1.54) is 6.07 Å². The molecule has 18 heavy (non-hydrogen) atoms. The largest absolute Gasteiger partial charge is 0.298 e. The third-order valence-electron chi connectivity index (χ3n) is 2.82. The van der Waals surface area contributed by atoms with Crippen molar-refractivity contribution >= 4 is 5.78 Å². The van der Waals surface area contributed by atoms with E-state index in [9.17, 15) is 9.18 Å². The van der Waals surface area contributed by atoms with E-state index in [1.807, 2.05) is 6.92 Å². The summed E-state index contributed by atoms with van der Waals surface area (Å²) < 4.78 is 13.4. The molecule has 1 aromatic rings. The van der Waals surface area contributed by atoms with Crippen LogP contribution in [-0.4, -0.2) is 30.3 Å². The summed E-state index contributed by atoms with van der Waals surface area (Å²) in [4.78, 5) is 14.0. The molecule has 0 spiro atoms. The van der Waals surface area contributed by atoms with Crippen LogP contribution in [0.1, 0.15) is 26.3 Å². The lowest BCUT2D eigenvalue weighted by Crippen LogP contribution is -2.33. The number of Topliss-reactive ketones (excluding diaryl/α,β-unsaturated/α-hetero) is 1. The molecule has 0 aliphatic carbocycles. The van der Waals surface area contributed by atoms with Crippen molar-refractivity contribution in [1.82, 2.24) is 4.90 Å². The van der Waals surface area contributed by atoms with Crippen LogP contribution in [0.5, 0.6) is 0 Å². The van der Waals surface area contributed by atoms with Crippen LogP contribution < -0.4 is 0 Å². The predicted molar refractivity (Wildman–Crippen MR) is 72.1 cm³/mol. The lowest BCUT2D eigenvalue weighted by molar-refractivity contribution is -0.119. The van der Waals surface area contributed by atoms with Gasteiger partial charge in [0.2, 0.25) is 0 Å². The van der Waals surface area contributed by atoms with E-state index in [1.54, 1.807) is 18.2 Å². The third-order valence-corrected chi connectivity index (χ3v) is 2.82. The molecular formula is C15H22FNO. The molecule has 0 amide bonds. The number of carbonyl (C=O) groups excluding carboxylic acids is 1. The fourth-order valence-electron chi connectivity index (χ4n) is 1.98. The zero-order chi connectivity index (χ0) is 13.5. The molecule has 0 N–H and O–H groups in total. The maximum Gasteiger partial charge on any atom is 0.151 e. The monoisotopic (exact) mass is 251 g/mol. The number of likely N-dealkylation sites (N-methyl/N-ethyl adjacent to an activating group) is 1. The van der Waals surface area contributed by atoms with E-state index in [0.29, 0.717) is 18.0 Å². The highest BCUT2D eigenvalue weighted by Gasteiger charge is 2.12. The van der Waals surface area contributed by atoms with Gasteiger partial charge in [0.05, 0.1) is 6.54 Å². The molecule has 100 valence electrons. The molecule has 0 aliphatic heterocycles. The lowest BCUT2D eigenvalue weighted by Gasteiger charge is -2.21. The molecule has 2 nitrogen and oxygen atoms in total. The standard InChI is InChI=1S/C15H22FNO/c1-4-17(10-12(2)3)11-14(18)9-13-7-5-6-8-15(13)16/h5-8,12H,4,9-11H2,1-3H3. The Morgan fingerprint density at radius 3 is 2.56 bits per heavy atom. The number of rotatable bonds is 7. The number of carbonyl (C=O) groups is 1. The van der Waals surface area contributed by atoms with Gasteiger partial charge in [0.25, 0.3) is 0 Å². The van der Waals surface area contributed by atoms with Crippen LogP contribution in [0.2, 0.25) is 0 Å². The number of benzene rings is 1. The highest BCUT2D eigenvalue weighted by atomic mass is 19.1. The van der Waals surface area contributed by atoms with Gasteiger partial charge in [-0.25, -0.2) is 4.39 Å². The van der Waals surface area contributed by atoms with Crippen molar-refractivity contribution in [3.8, 4) is 0 Å². The van der Waals surface area contributed by atoms with E-state index in [0.717, 1.165) is 13.1 Å². The molecular weight excluding hydrogens is 229 g/mol. The SMILES string of the molecule is CCN(CC(=O)Cc1ccccc1F)CC(C)C. The van der Waals surface area contributed by atoms with Crippen molar-refractivity contribution in [3.05, 3.63) is 35.6 Å². The summed E-state index contributed by atoms with van der Waals surface area (Å²) in [6.07, 6.45) is 0.182. The second-order valence-electron chi connectivity index (χ2n) is 5.03. The number of hydrogen-bond donors (Lipinski definition) is 0. The van der Waals surface area contributed by atoms with Crippen LogP contribution >= 0.6 is 0 Å². The number of hydrogen-bond acceptors (Lipinski definition) is 2. The van der Waals surface area contributed by atoms with Crippen molar-refractivity contribution in [3.63, 3.8) is 0 Å². The molecule has 1 rings (SSSR count). The number of halogens is 1. The Bertz CT molecular complexity index is 390. The minimum absolute atomic E-state index is 0.0719. The molecule has 0 aromatic heterocycles. The molecule has 0 unspecified atom stereocenters. The summed E-state index contributed by atoms with van der Waals surface area (Å²) in [5, 5.41) is 0. The van der Waals surface area contributed by atoms with E-state index < -0.39 is 0 Å². The first-order valence-corrected chi connectivity index (χ1v) is 6.50. The first-order valence-electron chi connectivity index (χ1n) is 6.50. The zero-order valence-corrected chi connectivity index (χ0v) is 11.4. The molecule has 0 atom stereocenters. The van der Waals surface area contributed by atoms with Gasteiger partial charge in [-0.3, -0.25) is 9.69 Å². The maximum atomic E-state index is 13.4. The van der Waals surface area contributed by atoms with Gasteiger partial charge in [0.15, 0.2) is 5.78 Å². The van der Waals surface area contributed by atoms with Gasteiger partial charge in [-0.05, 0) is 24.1 Å². The van der Waals surface area contributed by atoms with Gasteiger partial charge in [-0.15, -0.1) is 0 Å². The number of ketones is 1. The highest BCUT2D eigenvalue weighted by molar-refractivity contribution is 5.82. The summed E-state index contributed by atoms with van der Waals surface area (Å²) in [6, 6.07) is 6.47. The maximum absolute atomic E-state index is 13.4. The fourth-order valence-corrected chi connectivity index (χ4v) is 1.98. The quantitative estimate of drug-likeness (QED) is 0.742. The summed E-state index contributed by atoms with van der Waals surface area (Å²) in [5.74, 6) is 0.312. The fraction of sp³-hybridized carbons (Fsp3) is 0.533. The van der Waals surface area contributed by atoms with Gasteiger partial charge in [-0.2, -0.15) is 0 Å². The van der Waals surface area contributed by atoms with Crippen LogP contribution in [0.4, 0.5) is 4.39 Å². The molecule has 0 saturated carbocycles. The van der Waals surface area contributed by atoms with Crippen LogP contribution in [-0.2, 0) is 11.2 Å². The summed E-state index contributed by atoms with van der Waals surface area (Å²) in [5.41, 5.74) is 0.489. The Kier molecular flexibility index (Phi) is 5.99. The Labute approximate surface area is 109 Å². The second-order valence-corrected chi connectivity index (χ2v) is 5.03. The van der Waals surface area contributed by atoms with Crippen LogP contribution in [0, 0.1) is 11.7 Å². The molecule has 3 heteroatoms. The summed E-state index contributed by atoms with van der Waals surface area (Å²) >= 11 is 0. The van der Waals surface area contributed by atoms with Crippen molar-refractivity contribution < 1.29 is 9.18 Å². The Hall–Kier alpha value is -1.22. The topological polar surface area (TPSA) is 20.3 Å². The van der Waals surface area contributed by atoms with Crippen LogP contribution in [0.3, 0.4) is 0 Å². The summed E-state index contributed by atoms with van der Waals surface area (Å²) in [7, 11) is 0. The Morgan fingerprint density at radius 1 is 1.33 bits per heavy atom. The average Bonchev–Trinajstić information content (AvgIpc) is 2.30. The third kappa shape index (κ3) is 4.96.